The summed E-state index contributed by atoms with van der Waals surface area (Å²) in [7, 11) is 2.06. The molecule has 236 valence electrons. The van der Waals surface area contributed by atoms with Crippen LogP contribution in [0.25, 0.3) is 5.57 Å². The lowest BCUT2D eigenvalue weighted by Crippen LogP contribution is -2.71. The summed E-state index contributed by atoms with van der Waals surface area (Å²) in [6.45, 7) is 5.53. The van der Waals surface area contributed by atoms with Crippen molar-refractivity contribution in [2.75, 3.05) is 32.0 Å². The van der Waals surface area contributed by atoms with Crippen LogP contribution in [0.4, 0.5) is 5.69 Å². The smallest absolute Gasteiger partial charge is 0.281 e. The molecule has 1 aliphatic carbocycles. The van der Waals surface area contributed by atoms with Gasteiger partial charge in [0.2, 0.25) is 17.5 Å². The van der Waals surface area contributed by atoms with Gasteiger partial charge in [0.25, 0.3) is 11.8 Å². The molecule has 45 heavy (non-hydrogen) atoms. The summed E-state index contributed by atoms with van der Waals surface area (Å²) >= 11 is 0. The van der Waals surface area contributed by atoms with Crippen molar-refractivity contribution in [3.63, 3.8) is 0 Å². The fraction of sp³-hybridized carbons (Fsp3) is 0.514. The van der Waals surface area contributed by atoms with Crippen LogP contribution < -0.4 is 10.6 Å². The summed E-state index contributed by atoms with van der Waals surface area (Å²) in [4.78, 5) is 47.9. The predicted octanol–water partition coefficient (Wildman–Crippen LogP) is 2.50. The lowest BCUT2D eigenvalue weighted by Gasteiger charge is -2.48. The monoisotopic (exact) mass is 611 g/mol. The van der Waals surface area contributed by atoms with Crippen molar-refractivity contribution in [3.05, 3.63) is 71.3 Å². The molecule has 0 radical (unpaired) electrons. The van der Waals surface area contributed by atoms with Crippen LogP contribution in [0, 0.1) is 11.8 Å². The van der Waals surface area contributed by atoms with E-state index in [9.17, 15) is 19.5 Å². The van der Waals surface area contributed by atoms with E-state index in [-0.39, 0.29) is 24.3 Å². The number of nitrogens with one attached hydrogen (secondary N) is 2. The zero-order valence-corrected chi connectivity index (χ0v) is 26.0. The lowest BCUT2D eigenvalue weighted by atomic mass is 9.74. The Hall–Kier alpha value is -3.73. The van der Waals surface area contributed by atoms with E-state index in [0.29, 0.717) is 31.8 Å². The summed E-state index contributed by atoms with van der Waals surface area (Å²) in [5, 5.41) is 18.9. The number of nitrogens with zero attached hydrogens (tertiary/aromatic N) is 3. The Balaban J connectivity index is 1.14. The summed E-state index contributed by atoms with van der Waals surface area (Å²) in [5.41, 5.74) is 3.87. The molecule has 3 N–H and O–H groups in total. The minimum absolute atomic E-state index is 0.195. The van der Waals surface area contributed by atoms with Crippen molar-refractivity contribution >= 4 is 29.0 Å². The van der Waals surface area contributed by atoms with E-state index >= 15 is 0 Å². The molecule has 0 bridgehead atoms. The first kappa shape index (κ1) is 28.7. The van der Waals surface area contributed by atoms with Gasteiger partial charge in [-0.2, -0.15) is 0 Å². The van der Waals surface area contributed by atoms with Crippen LogP contribution in [0.2, 0.25) is 0 Å². The van der Waals surface area contributed by atoms with Crippen molar-refractivity contribution < 1.29 is 24.2 Å². The fourth-order valence-electron chi connectivity index (χ4n) is 8.86. The molecule has 10 nitrogen and oxygen atoms in total. The number of carbonyl (C=O) groups excluding carboxylic acids is 3. The Morgan fingerprint density at radius 1 is 1.16 bits per heavy atom. The van der Waals surface area contributed by atoms with Crippen molar-refractivity contribution in [1.82, 2.24) is 20.0 Å². The first-order valence-corrected chi connectivity index (χ1v) is 16.3. The molecule has 0 spiro atoms. The molecule has 8 rings (SSSR count). The maximum Gasteiger partial charge on any atom is 0.281 e. The molecule has 3 fully saturated rings. The first-order chi connectivity index (χ1) is 21.6. The molecule has 5 heterocycles. The second-order valence-electron chi connectivity index (χ2n) is 14.0. The molecule has 2 aromatic carbocycles. The molecule has 0 saturated carbocycles. The molecule has 5 aliphatic heterocycles. The summed E-state index contributed by atoms with van der Waals surface area (Å²) in [5.74, 6) is -3.77. The zero-order valence-electron chi connectivity index (χ0n) is 26.0. The normalized spacial score (nSPS) is 35.0. The second-order valence-corrected chi connectivity index (χ2v) is 14.0. The number of amides is 3. The largest absolute Gasteiger partial charge is 0.384 e. The van der Waals surface area contributed by atoms with Gasteiger partial charge in [0.15, 0.2) is 0 Å². The standard InChI is InChI=1S/C35H41N5O5/c1-20(2)34(37-31(41)23-16-25-24-11-7-12-26-30(24)22(18-36-26)17-27(25)38(3)19-23)33(43)40-28(15-21-9-5-4-6-10-21)32(42)39-14-8-13-29(39)35(40,44)45-34/h4-7,9-12,16,20,22-23,27-29,36,44H,8,13-15,17-19H2,1-3H3,(H,37,41). The topological polar surface area (TPSA) is 114 Å². The number of aliphatic hydroxyl groups is 1. The van der Waals surface area contributed by atoms with E-state index in [1.54, 1.807) is 4.90 Å². The van der Waals surface area contributed by atoms with Gasteiger partial charge in [-0.1, -0.05) is 62.4 Å². The van der Waals surface area contributed by atoms with Gasteiger partial charge in [-0.25, -0.2) is 0 Å². The SMILES string of the molecule is CC(C)C1(NC(=O)C2C=C3c4cccc5c4C(CN5)CC3N(C)C2)OC2(O)C3CCCN3C(=O)C(Cc3ccccc3)N2C1=O. The number of anilines is 1. The highest BCUT2D eigenvalue weighted by atomic mass is 16.7. The Bertz CT molecular complexity index is 1610. The number of hydrogen-bond donors (Lipinski definition) is 3. The molecule has 7 unspecified atom stereocenters. The summed E-state index contributed by atoms with van der Waals surface area (Å²) in [6, 6.07) is 14.4. The van der Waals surface area contributed by atoms with Gasteiger partial charge in [0.1, 0.15) is 12.1 Å². The fourth-order valence-corrected chi connectivity index (χ4v) is 8.86. The Morgan fingerprint density at radius 2 is 1.96 bits per heavy atom. The number of rotatable bonds is 5. The molecular formula is C35H41N5O5. The average molecular weight is 612 g/mol. The van der Waals surface area contributed by atoms with Gasteiger partial charge >= 0.3 is 0 Å². The third-order valence-corrected chi connectivity index (χ3v) is 11.1. The van der Waals surface area contributed by atoms with Crippen molar-refractivity contribution in [1.29, 1.82) is 0 Å². The third-order valence-electron chi connectivity index (χ3n) is 11.1. The minimum Gasteiger partial charge on any atom is -0.384 e. The van der Waals surface area contributed by atoms with Gasteiger partial charge in [-0.15, -0.1) is 0 Å². The highest BCUT2D eigenvalue weighted by Gasteiger charge is 2.72. The van der Waals surface area contributed by atoms with Crippen LogP contribution in [0.15, 0.2) is 54.6 Å². The van der Waals surface area contributed by atoms with Crippen molar-refractivity contribution in [3.8, 4) is 0 Å². The Kier molecular flexibility index (Phi) is 6.47. The average Bonchev–Trinajstić information content (AvgIpc) is 3.74. The Morgan fingerprint density at radius 3 is 2.73 bits per heavy atom. The van der Waals surface area contributed by atoms with Crippen molar-refractivity contribution in [2.24, 2.45) is 11.8 Å². The molecule has 3 saturated heterocycles. The van der Waals surface area contributed by atoms with Crippen LogP contribution in [0.3, 0.4) is 0 Å². The first-order valence-electron chi connectivity index (χ1n) is 16.3. The van der Waals surface area contributed by atoms with E-state index in [1.165, 1.54) is 21.7 Å². The third kappa shape index (κ3) is 4.08. The van der Waals surface area contributed by atoms with Crippen LogP contribution in [0.5, 0.6) is 0 Å². The van der Waals surface area contributed by atoms with Gasteiger partial charge in [0.05, 0.1) is 5.92 Å². The molecule has 10 heteroatoms. The van der Waals surface area contributed by atoms with E-state index < -0.39 is 41.5 Å². The Labute approximate surface area is 263 Å². The van der Waals surface area contributed by atoms with Gasteiger partial charge < -0.3 is 20.6 Å². The molecule has 6 aliphatic rings. The highest BCUT2D eigenvalue weighted by molar-refractivity contribution is 5.98. The van der Waals surface area contributed by atoms with E-state index in [4.69, 9.17) is 4.74 Å². The van der Waals surface area contributed by atoms with Crippen LogP contribution in [-0.2, 0) is 25.5 Å². The maximum atomic E-state index is 14.6. The number of benzene rings is 2. The molecule has 0 aromatic heterocycles. The molecule has 3 amide bonds. The molecular weight excluding hydrogens is 570 g/mol. The number of fused-ring (bicyclic) bond motifs is 5. The number of likely N-dealkylation sites (N-methyl/N-ethyl adjacent to an activating group) is 1. The highest BCUT2D eigenvalue weighted by Crippen LogP contribution is 2.50. The molecule has 2 aromatic rings. The van der Waals surface area contributed by atoms with E-state index in [0.717, 1.165) is 24.1 Å². The quantitative estimate of drug-likeness (QED) is 0.476. The van der Waals surface area contributed by atoms with E-state index in [1.807, 2.05) is 44.2 Å². The van der Waals surface area contributed by atoms with Gasteiger partial charge in [-0.05, 0) is 54.6 Å². The number of hydrogen-bond acceptors (Lipinski definition) is 7. The second kappa shape index (κ2) is 10.1. The van der Waals surface area contributed by atoms with E-state index in [2.05, 4.69) is 46.9 Å². The van der Waals surface area contributed by atoms with Crippen LogP contribution in [-0.4, -0.2) is 94.0 Å². The maximum absolute atomic E-state index is 14.6. The molecule has 7 atom stereocenters. The zero-order chi connectivity index (χ0) is 31.2. The van der Waals surface area contributed by atoms with Crippen LogP contribution >= 0.6 is 0 Å². The minimum atomic E-state index is -2.05. The lowest BCUT2D eigenvalue weighted by molar-refractivity contribution is -0.321. The van der Waals surface area contributed by atoms with Gasteiger partial charge in [-0.3, -0.25) is 28.9 Å². The summed E-state index contributed by atoms with van der Waals surface area (Å²) in [6.07, 6.45) is 4.50. The summed E-state index contributed by atoms with van der Waals surface area (Å²) < 4.78 is 6.50. The predicted molar refractivity (Wildman–Crippen MR) is 167 cm³/mol. The van der Waals surface area contributed by atoms with Crippen LogP contribution in [0.1, 0.15) is 55.7 Å². The van der Waals surface area contributed by atoms with Gasteiger partial charge in [0, 0.05) is 49.6 Å². The number of piperazine rings is 1. The van der Waals surface area contributed by atoms with Crippen molar-refractivity contribution in [2.45, 2.75) is 75.2 Å². The number of carbonyl (C=O) groups is 3. The number of ether oxygens (including phenoxy) is 1.